The van der Waals surface area contributed by atoms with Gasteiger partial charge in [0.15, 0.2) is 5.13 Å². The molecule has 0 bridgehead atoms. The third kappa shape index (κ3) is 4.70. The number of carbonyl (C=O) groups is 1. The summed E-state index contributed by atoms with van der Waals surface area (Å²) in [5, 5.41) is 17.3. The zero-order valence-electron chi connectivity index (χ0n) is 17.0. The fourth-order valence-electron chi connectivity index (χ4n) is 3.15. The first kappa shape index (κ1) is 20.0. The number of ether oxygens (including phenoxy) is 1. The minimum absolute atomic E-state index is 0.204. The van der Waals surface area contributed by atoms with Crippen LogP contribution < -0.4 is 15.4 Å². The predicted octanol–water partition coefficient (Wildman–Crippen LogP) is 6.01. The van der Waals surface area contributed by atoms with E-state index in [0.29, 0.717) is 28.4 Å². The van der Waals surface area contributed by atoms with Crippen LogP contribution in [0, 0.1) is 0 Å². The van der Waals surface area contributed by atoms with Crippen LogP contribution in [0.25, 0.3) is 11.3 Å². The molecule has 1 fully saturated rings. The molecule has 0 radical (unpaired) electrons. The van der Waals surface area contributed by atoms with Crippen molar-refractivity contribution < 1.29 is 14.6 Å². The van der Waals surface area contributed by atoms with Crippen LogP contribution in [0.2, 0.25) is 0 Å². The minimum Gasteiger partial charge on any atom is -0.478 e. The largest absolute Gasteiger partial charge is 0.478 e. The van der Waals surface area contributed by atoms with E-state index in [0.717, 1.165) is 16.4 Å². The number of aromatic carboxylic acids is 1. The lowest BCUT2D eigenvalue weighted by Gasteiger charge is -2.09. The molecule has 0 spiro atoms. The third-order valence-corrected chi connectivity index (χ3v) is 5.74. The maximum absolute atomic E-state index is 11.2. The van der Waals surface area contributed by atoms with Crippen LogP contribution in [0.5, 0.6) is 10.8 Å². The van der Waals surface area contributed by atoms with E-state index >= 15 is 0 Å². The molecule has 0 aliphatic heterocycles. The predicted molar refractivity (Wildman–Crippen MR) is 125 cm³/mol. The van der Waals surface area contributed by atoms with Gasteiger partial charge in [-0.3, -0.25) is 0 Å². The van der Waals surface area contributed by atoms with Crippen molar-refractivity contribution in [1.82, 2.24) is 9.97 Å². The molecule has 1 aliphatic rings. The quantitative estimate of drug-likeness (QED) is 0.306. The normalized spacial score (nSPS) is 12.9. The molecule has 4 aromatic rings. The van der Waals surface area contributed by atoms with E-state index in [4.69, 9.17) is 9.72 Å². The SMILES string of the molecule is O=C(O)c1cccc(Nc2cc(Oc3sc(NC4CC4)nc3-c3ccccc3)ccn2)c1. The van der Waals surface area contributed by atoms with Gasteiger partial charge < -0.3 is 20.5 Å². The van der Waals surface area contributed by atoms with Crippen molar-refractivity contribution in [3.63, 3.8) is 0 Å². The van der Waals surface area contributed by atoms with E-state index in [1.54, 1.807) is 42.6 Å². The molecule has 7 nitrogen and oxygen atoms in total. The molecule has 1 saturated carbocycles. The topological polar surface area (TPSA) is 96.4 Å². The molecule has 1 aliphatic carbocycles. The summed E-state index contributed by atoms with van der Waals surface area (Å²) in [6, 6.07) is 20.6. The Bertz CT molecular complexity index is 1260. The fraction of sp³-hybridized carbons (Fsp3) is 0.125. The summed E-state index contributed by atoms with van der Waals surface area (Å²) >= 11 is 1.48. The minimum atomic E-state index is -0.979. The number of anilines is 3. The first-order chi connectivity index (χ1) is 15.6. The lowest BCUT2D eigenvalue weighted by atomic mass is 10.2. The Morgan fingerprint density at radius 3 is 2.69 bits per heavy atom. The summed E-state index contributed by atoms with van der Waals surface area (Å²) in [7, 11) is 0. The number of carboxylic acids is 1. The van der Waals surface area contributed by atoms with Crippen molar-refractivity contribution in [1.29, 1.82) is 0 Å². The van der Waals surface area contributed by atoms with Crippen LogP contribution in [0.3, 0.4) is 0 Å². The summed E-state index contributed by atoms with van der Waals surface area (Å²) in [5.74, 6) is 0.177. The van der Waals surface area contributed by atoms with Crippen molar-refractivity contribution >= 4 is 33.9 Å². The molecule has 0 amide bonds. The zero-order valence-corrected chi connectivity index (χ0v) is 17.8. The van der Waals surface area contributed by atoms with E-state index in [1.807, 2.05) is 30.3 Å². The summed E-state index contributed by atoms with van der Waals surface area (Å²) in [6.07, 6.45) is 3.98. The standard InChI is InChI=1S/C24H20N4O3S/c29-22(30)16-7-4-8-18(13-16)26-20-14-19(11-12-25-20)31-23-21(15-5-2-1-3-6-15)28-24(32-23)27-17-9-10-17/h1-8,11-14,17H,9-10H2,(H,25,26)(H,27,28)(H,29,30). The number of hydrogen-bond acceptors (Lipinski definition) is 7. The second kappa shape index (κ2) is 8.68. The van der Waals surface area contributed by atoms with Gasteiger partial charge in [-0.15, -0.1) is 0 Å². The Morgan fingerprint density at radius 1 is 1.06 bits per heavy atom. The molecule has 0 atom stereocenters. The molecule has 0 saturated heterocycles. The highest BCUT2D eigenvalue weighted by molar-refractivity contribution is 7.17. The summed E-state index contributed by atoms with van der Waals surface area (Å²) in [5.41, 5.74) is 2.61. The van der Waals surface area contributed by atoms with Crippen LogP contribution in [0.4, 0.5) is 16.6 Å². The Labute approximate surface area is 188 Å². The maximum Gasteiger partial charge on any atom is 0.335 e. The molecule has 32 heavy (non-hydrogen) atoms. The van der Waals surface area contributed by atoms with E-state index < -0.39 is 5.97 Å². The highest BCUT2D eigenvalue weighted by atomic mass is 32.1. The van der Waals surface area contributed by atoms with E-state index in [-0.39, 0.29) is 5.56 Å². The maximum atomic E-state index is 11.2. The average Bonchev–Trinajstić information content (AvgIpc) is 3.53. The number of nitrogens with one attached hydrogen (secondary N) is 2. The van der Waals surface area contributed by atoms with Crippen molar-refractivity contribution in [2.45, 2.75) is 18.9 Å². The number of rotatable bonds is 8. The second-order valence-electron chi connectivity index (χ2n) is 7.43. The Kier molecular flexibility index (Phi) is 5.43. The monoisotopic (exact) mass is 444 g/mol. The van der Waals surface area contributed by atoms with Gasteiger partial charge in [0.2, 0.25) is 5.06 Å². The number of nitrogens with zero attached hydrogens (tertiary/aromatic N) is 2. The molecule has 2 heterocycles. The molecule has 5 rings (SSSR count). The van der Waals surface area contributed by atoms with Crippen LogP contribution >= 0.6 is 11.3 Å². The third-order valence-electron chi connectivity index (χ3n) is 4.87. The number of carboxylic acid groups (broad SMARTS) is 1. The molecule has 2 aromatic heterocycles. The van der Waals surface area contributed by atoms with E-state index in [2.05, 4.69) is 15.6 Å². The number of pyridine rings is 1. The van der Waals surface area contributed by atoms with Crippen molar-refractivity contribution in [2.75, 3.05) is 10.6 Å². The van der Waals surface area contributed by atoms with Gasteiger partial charge >= 0.3 is 5.97 Å². The van der Waals surface area contributed by atoms with Crippen LogP contribution in [0.15, 0.2) is 72.9 Å². The van der Waals surface area contributed by atoms with Gasteiger partial charge in [-0.25, -0.2) is 14.8 Å². The van der Waals surface area contributed by atoms with Crippen molar-refractivity contribution in [2.24, 2.45) is 0 Å². The summed E-state index contributed by atoms with van der Waals surface area (Å²) in [6.45, 7) is 0. The smallest absolute Gasteiger partial charge is 0.335 e. The van der Waals surface area contributed by atoms with Gasteiger partial charge in [-0.05, 0) is 37.1 Å². The van der Waals surface area contributed by atoms with Gasteiger partial charge in [0, 0.05) is 29.6 Å². The highest BCUT2D eigenvalue weighted by Crippen LogP contribution is 2.42. The molecule has 2 aromatic carbocycles. The lowest BCUT2D eigenvalue weighted by Crippen LogP contribution is -1.99. The van der Waals surface area contributed by atoms with E-state index in [9.17, 15) is 9.90 Å². The highest BCUT2D eigenvalue weighted by Gasteiger charge is 2.24. The lowest BCUT2D eigenvalue weighted by molar-refractivity contribution is 0.0697. The van der Waals surface area contributed by atoms with Crippen molar-refractivity contribution in [3.8, 4) is 22.1 Å². The number of hydrogen-bond donors (Lipinski definition) is 3. The molecule has 8 heteroatoms. The van der Waals surface area contributed by atoms with Gasteiger partial charge in [0.1, 0.15) is 17.3 Å². The fourth-order valence-corrected chi connectivity index (χ4v) is 4.08. The number of benzene rings is 2. The van der Waals surface area contributed by atoms with Gasteiger partial charge in [0.05, 0.1) is 5.56 Å². The molecule has 3 N–H and O–H groups in total. The Morgan fingerprint density at radius 2 is 1.91 bits per heavy atom. The van der Waals surface area contributed by atoms with Crippen LogP contribution in [0.1, 0.15) is 23.2 Å². The molecule has 160 valence electrons. The first-order valence-electron chi connectivity index (χ1n) is 10.2. The van der Waals surface area contributed by atoms with E-state index in [1.165, 1.54) is 24.2 Å². The van der Waals surface area contributed by atoms with Crippen molar-refractivity contribution in [3.05, 3.63) is 78.5 Å². The first-order valence-corrected chi connectivity index (χ1v) is 11.0. The number of aromatic nitrogens is 2. The molecular formula is C24H20N4O3S. The Hall–Kier alpha value is -3.91. The van der Waals surface area contributed by atoms with Crippen LogP contribution in [-0.2, 0) is 0 Å². The van der Waals surface area contributed by atoms with Gasteiger partial charge in [-0.1, -0.05) is 47.7 Å². The summed E-state index contributed by atoms with van der Waals surface area (Å²) < 4.78 is 6.23. The number of thiazole rings is 1. The zero-order chi connectivity index (χ0) is 21.9. The second-order valence-corrected chi connectivity index (χ2v) is 8.39. The average molecular weight is 445 g/mol. The summed E-state index contributed by atoms with van der Waals surface area (Å²) in [4.78, 5) is 20.3. The van der Waals surface area contributed by atoms with Gasteiger partial charge in [0.25, 0.3) is 0 Å². The Balaban J connectivity index is 1.40. The van der Waals surface area contributed by atoms with Gasteiger partial charge in [-0.2, -0.15) is 0 Å². The molecule has 0 unspecified atom stereocenters. The molecular weight excluding hydrogens is 424 g/mol. The van der Waals surface area contributed by atoms with Crippen LogP contribution in [-0.4, -0.2) is 27.1 Å².